The number of aromatic hydroxyl groups is 2. The molecule has 0 spiro atoms. The van der Waals surface area contributed by atoms with Gasteiger partial charge in [-0.2, -0.15) is 0 Å². The van der Waals surface area contributed by atoms with E-state index >= 15 is 0 Å². The predicted octanol–water partition coefficient (Wildman–Crippen LogP) is 3.69. The highest BCUT2D eigenvalue weighted by molar-refractivity contribution is 5.69. The van der Waals surface area contributed by atoms with Gasteiger partial charge in [-0.05, 0) is 60.7 Å². The van der Waals surface area contributed by atoms with Crippen LogP contribution in [-0.2, 0) is 0 Å². The fraction of sp³-hybridized carbons (Fsp3) is 0.200. The SMILES string of the molecule is Cc1cc(-c2ccc(O)c(O)c2)cc(C)c1C. The van der Waals surface area contributed by atoms with Gasteiger partial charge in [-0.15, -0.1) is 0 Å². The molecule has 0 unspecified atom stereocenters. The summed E-state index contributed by atoms with van der Waals surface area (Å²) in [5, 5.41) is 18.8. The lowest BCUT2D eigenvalue weighted by Crippen LogP contribution is -1.88. The summed E-state index contributed by atoms with van der Waals surface area (Å²) in [4.78, 5) is 0. The summed E-state index contributed by atoms with van der Waals surface area (Å²) in [5.41, 5.74) is 5.71. The van der Waals surface area contributed by atoms with Gasteiger partial charge in [0, 0.05) is 0 Å². The zero-order valence-electron chi connectivity index (χ0n) is 10.3. The maximum atomic E-state index is 9.50. The van der Waals surface area contributed by atoms with Crippen LogP contribution < -0.4 is 0 Å². The smallest absolute Gasteiger partial charge is 0.158 e. The highest BCUT2D eigenvalue weighted by atomic mass is 16.3. The van der Waals surface area contributed by atoms with E-state index in [2.05, 4.69) is 32.9 Å². The van der Waals surface area contributed by atoms with Gasteiger partial charge >= 0.3 is 0 Å². The van der Waals surface area contributed by atoms with E-state index in [9.17, 15) is 10.2 Å². The van der Waals surface area contributed by atoms with Crippen molar-refractivity contribution < 1.29 is 10.2 Å². The molecule has 0 atom stereocenters. The van der Waals surface area contributed by atoms with Crippen LogP contribution in [0.2, 0.25) is 0 Å². The lowest BCUT2D eigenvalue weighted by Gasteiger charge is -2.10. The normalized spacial score (nSPS) is 10.5. The molecule has 2 heteroatoms. The van der Waals surface area contributed by atoms with E-state index in [1.807, 2.05) is 0 Å². The Balaban J connectivity index is 2.57. The lowest BCUT2D eigenvalue weighted by atomic mass is 9.96. The predicted molar refractivity (Wildman–Crippen MR) is 69.4 cm³/mol. The van der Waals surface area contributed by atoms with Gasteiger partial charge in [0.15, 0.2) is 11.5 Å². The second-order valence-corrected chi connectivity index (χ2v) is 4.44. The van der Waals surface area contributed by atoms with Gasteiger partial charge in [0.25, 0.3) is 0 Å². The molecule has 0 aromatic heterocycles. The molecule has 0 aliphatic rings. The van der Waals surface area contributed by atoms with Crippen molar-refractivity contribution in [3.8, 4) is 22.6 Å². The van der Waals surface area contributed by atoms with Crippen molar-refractivity contribution in [2.45, 2.75) is 20.8 Å². The molecular weight excluding hydrogens is 212 g/mol. The van der Waals surface area contributed by atoms with E-state index in [1.165, 1.54) is 22.8 Å². The maximum absolute atomic E-state index is 9.50. The third kappa shape index (κ3) is 2.11. The topological polar surface area (TPSA) is 40.5 Å². The largest absolute Gasteiger partial charge is 0.504 e. The zero-order valence-corrected chi connectivity index (χ0v) is 10.3. The highest BCUT2D eigenvalue weighted by Crippen LogP contribution is 2.32. The Morgan fingerprint density at radius 1 is 0.706 bits per heavy atom. The Hall–Kier alpha value is -1.96. The van der Waals surface area contributed by atoms with Crippen molar-refractivity contribution in [2.75, 3.05) is 0 Å². The van der Waals surface area contributed by atoms with E-state index in [0.717, 1.165) is 11.1 Å². The number of phenolic OH excluding ortho intramolecular Hbond substituents is 2. The van der Waals surface area contributed by atoms with Gasteiger partial charge in [-0.3, -0.25) is 0 Å². The second-order valence-electron chi connectivity index (χ2n) is 4.44. The zero-order chi connectivity index (χ0) is 12.6. The Kier molecular flexibility index (Phi) is 2.80. The molecule has 0 heterocycles. The average molecular weight is 228 g/mol. The molecule has 0 amide bonds. The third-order valence-electron chi connectivity index (χ3n) is 3.24. The van der Waals surface area contributed by atoms with Crippen LogP contribution in [-0.4, -0.2) is 10.2 Å². The first-order valence-electron chi connectivity index (χ1n) is 5.59. The molecule has 2 nitrogen and oxygen atoms in total. The Bertz CT molecular complexity index is 548. The van der Waals surface area contributed by atoms with Gasteiger partial charge in [0.2, 0.25) is 0 Å². The molecule has 0 fully saturated rings. The summed E-state index contributed by atoms with van der Waals surface area (Å²) in [7, 11) is 0. The summed E-state index contributed by atoms with van der Waals surface area (Å²) >= 11 is 0. The van der Waals surface area contributed by atoms with Crippen molar-refractivity contribution in [3.05, 3.63) is 47.0 Å². The Morgan fingerprint density at radius 3 is 1.82 bits per heavy atom. The number of hydrogen-bond acceptors (Lipinski definition) is 2. The van der Waals surface area contributed by atoms with Gasteiger partial charge in [-0.1, -0.05) is 18.2 Å². The number of benzene rings is 2. The fourth-order valence-electron chi connectivity index (χ4n) is 1.91. The second kappa shape index (κ2) is 4.13. The molecule has 0 saturated heterocycles. The molecule has 0 saturated carbocycles. The fourth-order valence-corrected chi connectivity index (χ4v) is 1.91. The van der Waals surface area contributed by atoms with Gasteiger partial charge in [0.05, 0.1) is 0 Å². The molecule has 0 bridgehead atoms. The van der Waals surface area contributed by atoms with Crippen LogP contribution in [0.3, 0.4) is 0 Å². The Morgan fingerprint density at radius 2 is 1.29 bits per heavy atom. The van der Waals surface area contributed by atoms with Crippen LogP contribution in [0.5, 0.6) is 11.5 Å². The average Bonchev–Trinajstić information content (AvgIpc) is 2.29. The first-order valence-corrected chi connectivity index (χ1v) is 5.59. The van der Waals surface area contributed by atoms with Crippen LogP contribution >= 0.6 is 0 Å². The molecule has 2 aromatic carbocycles. The summed E-state index contributed by atoms with van der Waals surface area (Å²) in [5.74, 6) is -0.173. The maximum Gasteiger partial charge on any atom is 0.158 e. The summed E-state index contributed by atoms with van der Waals surface area (Å²) in [6.45, 7) is 6.25. The minimum atomic E-state index is -0.0886. The molecule has 2 N–H and O–H groups in total. The molecular formula is C15H16O2. The summed E-state index contributed by atoms with van der Waals surface area (Å²) in [6.07, 6.45) is 0. The van der Waals surface area contributed by atoms with Gasteiger partial charge < -0.3 is 10.2 Å². The van der Waals surface area contributed by atoms with Crippen LogP contribution in [0.1, 0.15) is 16.7 Å². The van der Waals surface area contributed by atoms with E-state index in [-0.39, 0.29) is 11.5 Å². The van der Waals surface area contributed by atoms with Crippen LogP contribution in [0.4, 0.5) is 0 Å². The minimum absolute atomic E-state index is 0.0848. The summed E-state index contributed by atoms with van der Waals surface area (Å²) < 4.78 is 0. The third-order valence-corrected chi connectivity index (χ3v) is 3.24. The van der Waals surface area contributed by atoms with Crippen LogP contribution in [0.15, 0.2) is 30.3 Å². The van der Waals surface area contributed by atoms with E-state index in [4.69, 9.17) is 0 Å². The van der Waals surface area contributed by atoms with Gasteiger partial charge in [-0.25, -0.2) is 0 Å². The van der Waals surface area contributed by atoms with Crippen molar-refractivity contribution in [2.24, 2.45) is 0 Å². The van der Waals surface area contributed by atoms with Crippen LogP contribution in [0.25, 0.3) is 11.1 Å². The summed E-state index contributed by atoms with van der Waals surface area (Å²) in [6, 6.07) is 9.08. The first kappa shape index (κ1) is 11.5. The lowest BCUT2D eigenvalue weighted by molar-refractivity contribution is 0.404. The van der Waals surface area contributed by atoms with Crippen molar-refractivity contribution >= 4 is 0 Å². The highest BCUT2D eigenvalue weighted by Gasteiger charge is 2.06. The molecule has 17 heavy (non-hydrogen) atoms. The number of phenols is 2. The molecule has 2 aromatic rings. The Labute approximate surface area is 101 Å². The number of aryl methyl sites for hydroxylation is 2. The van der Waals surface area contributed by atoms with Crippen LogP contribution in [0, 0.1) is 20.8 Å². The quantitative estimate of drug-likeness (QED) is 0.731. The minimum Gasteiger partial charge on any atom is -0.504 e. The van der Waals surface area contributed by atoms with Crippen molar-refractivity contribution in [1.82, 2.24) is 0 Å². The first-order chi connectivity index (χ1) is 7.99. The van der Waals surface area contributed by atoms with E-state index in [0.29, 0.717) is 0 Å². The van der Waals surface area contributed by atoms with E-state index in [1.54, 1.807) is 12.1 Å². The molecule has 0 aliphatic heterocycles. The molecule has 88 valence electrons. The number of rotatable bonds is 1. The molecule has 0 aliphatic carbocycles. The van der Waals surface area contributed by atoms with Crippen molar-refractivity contribution in [3.63, 3.8) is 0 Å². The molecule has 2 rings (SSSR count). The van der Waals surface area contributed by atoms with E-state index < -0.39 is 0 Å². The van der Waals surface area contributed by atoms with Gasteiger partial charge in [0.1, 0.15) is 0 Å². The standard InChI is InChI=1S/C15H16O2/c1-9-6-13(7-10(2)11(9)3)12-4-5-14(16)15(17)8-12/h4-8,16-17H,1-3H3. The number of hydrogen-bond donors (Lipinski definition) is 2. The van der Waals surface area contributed by atoms with Crippen molar-refractivity contribution in [1.29, 1.82) is 0 Å². The monoisotopic (exact) mass is 228 g/mol. The molecule has 0 radical (unpaired) electrons.